The quantitative estimate of drug-likeness (QED) is 0.819. The molecular weight excluding hydrogens is 261 g/mol. The van der Waals surface area contributed by atoms with Gasteiger partial charge in [-0.2, -0.15) is 0 Å². The van der Waals surface area contributed by atoms with Crippen LogP contribution in [-0.4, -0.2) is 54.3 Å². The maximum Gasteiger partial charge on any atom is 0.313 e. The topological polar surface area (TPSA) is 52.7 Å². The van der Waals surface area contributed by atoms with Gasteiger partial charge in [-0.3, -0.25) is 9.59 Å². The Kier molecular flexibility index (Phi) is 4.68. The normalized spacial score (nSPS) is 16.0. The van der Waals surface area contributed by atoms with Crippen molar-refractivity contribution in [2.45, 2.75) is 6.92 Å². The Morgan fingerprint density at radius 1 is 1.25 bits per heavy atom. The summed E-state index contributed by atoms with van der Waals surface area (Å²) in [6.07, 6.45) is 0. The number of nitrogens with one attached hydrogen (secondary N) is 1. The first-order valence-electron chi connectivity index (χ1n) is 6.68. The number of nitrogens with zero attached hydrogens (tertiary/aromatic N) is 2. The van der Waals surface area contributed by atoms with Crippen LogP contribution in [0.15, 0.2) is 24.3 Å². The summed E-state index contributed by atoms with van der Waals surface area (Å²) in [5, 5.41) is 2.42. The van der Waals surface area contributed by atoms with Gasteiger partial charge in [0.05, 0.1) is 0 Å². The number of benzene rings is 1. The molecule has 2 amide bonds. The number of halogens is 1. The number of carbonyl (C=O) groups excluding carboxylic acids is 2. The summed E-state index contributed by atoms with van der Waals surface area (Å²) < 4.78 is 13.0. The van der Waals surface area contributed by atoms with Crippen molar-refractivity contribution >= 4 is 17.5 Å². The molecule has 108 valence electrons. The summed E-state index contributed by atoms with van der Waals surface area (Å²) in [7, 11) is 0. The molecule has 5 nitrogen and oxygen atoms in total. The Bertz CT molecular complexity index is 499. The highest BCUT2D eigenvalue weighted by atomic mass is 19.1. The zero-order valence-electron chi connectivity index (χ0n) is 11.4. The van der Waals surface area contributed by atoms with Gasteiger partial charge < -0.3 is 15.1 Å². The molecule has 1 aromatic carbocycles. The van der Waals surface area contributed by atoms with E-state index < -0.39 is 17.6 Å². The van der Waals surface area contributed by atoms with E-state index in [1.165, 1.54) is 23.1 Å². The molecule has 0 aliphatic carbocycles. The van der Waals surface area contributed by atoms with Gasteiger partial charge >= 0.3 is 11.8 Å². The molecule has 1 N–H and O–H groups in total. The van der Waals surface area contributed by atoms with E-state index in [0.29, 0.717) is 13.1 Å². The van der Waals surface area contributed by atoms with E-state index in [0.717, 1.165) is 19.6 Å². The molecule has 0 radical (unpaired) electrons. The molecule has 0 spiro atoms. The van der Waals surface area contributed by atoms with Gasteiger partial charge in [0, 0.05) is 31.9 Å². The molecule has 1 heterocycles. The fourth-order valence-electron chi connectivity index (χ4n) is 2.16. The van der Waals surface area contributed by atoms with Crippen LogP contribution in [0.2, 0.25) is 0 Å². The molecule has 1 aliphatic rings. The molecule has 0 unspecified atom stereocenters. The highest BCUT2D eigenvalue weighted by molar-refractivity contribution is 6.39. The fourth-order valence-corrected chi connectivity index (χ4v) is 2.16. The number of likely N-dealkylation sites (N-methyl/N-ethyl adjacent to an activating group) is 1. The lowest BCUT2D eigenvalue weighted by molar-refractivity contribution is -0.144. The third-order valence-corrected chi connectivity index (χ3v) is 3.38. The third kappa shape index (κ3) is 3.54. The van der Waals surface area contributed by atoms with E-state index in [1.54, 1.807) is 6.07 Å². The van der Waals surface area contributed by atoms with Crippen LogP contribution in [-0.2, 0) is 9.59 Å². The average Bonchev–Trinajstić information content (AvgIpc) is 2.46. The number of rotatable bonds is 2. The molecule has 6 heteroatoms. The van der Waals surface area contributed by atoms with Gasteiger partial charge in [0.1, 0.15) is 5.82 Å². The lowest BCUT2D eigenvalue weighted by Gasteiger charge is -2.33. The molecule has 1 aromatic rings. The highest BCUT2D eigenvalue weighted by Crippen LogP contribution is 2.10. The molecule has 0 atom stereocenters. The molecule has 0 bridgehead atoms. The predicted octanol–water partition coefficient (Wildman–Crippen LogP) is 0.928. The fraction of sp³-hybridized carbons (Fsp3) is 0.429. The predicted molar refractivity (Wildman–Crippen MR) is 73.7 cm³/mol. The molecule has 1 saturated heterocycles. The number of hydrogen-bond donors (Lipinski definition) is 1. The van der Waals surface area contributed by atoms with Gasteiger partial charge in [-0.15, -0.1) is 0 Å². The Balaban J connectivity index is 1.91. The standard InChI is InChI=1S/C14H18FN3O2/c1-2-17-6-8-18(9-7-17)14(20)13(19)16-12-5-3-4-11(15)10-12/h3-5,10H,2,6-9H2,1H3,(H,16,19). The van der Waals surface area contributed by atoms with Crippen molar-refractivity contribution in [1.29, 1.82) is 0 Å². The van der Waals surface area contributed by atoms with Gasteiger partial charge in [0.2, 0.25) is 0 Å². The van der Waals surface area contributed by atoms with Crippen molar-refractivity contribution in [3.63, 3.8) is 0 Å². The second-order valence-electron chi connectivity index (χ2n) is 4.69. The second kappa shape index (κ2) is 6.47. The van der Waals surface area contributed by atoms with Crippen LogP contribution >= 0.6 is 0 Å². The highest BCUT2D eigenvalue weighted by Gasteiger charge is 2.25. The minimum absolute atomic E-state index is 0.288. The zero-order chi connectivity index (χ0) is 14.5. The summed E-state index contributed by atoms with van der Waals surface area (Å²) in [5.41, 5.74) is 0.288. The Morgan fingerprint density at radius 2 is 1.95 bits per heavy atom. The van der Waals surface area contributed by atoms with Crippen LogP contribution in [0.5, 0.6) is 0 Å². The summed E-state index contributed by atoms with van der Waals surface area (Å²) >= 11 is 0. The number of hydrogen-bond acceptors (Lipinski definition) is 3. The lowest BCUT2D eigenvalue weighted by atomic mass is 10.3. The summed E-state index contributed by atoms with van der Waals surface area (Å²) in [6, 6.07) is 5.49. The number of anilines is 1. The van der Waals surface area contributed by atoms with E-state index in [-0.39, 0.29) is 5.69 Å². The number of amides is 2. The first-order valence-corrected chi connectivity index (χ1v) is 6.68. The summed E-state index contributed by atoms with van der Waals surface area (Å²) in [5.74, 6) is -1.74. The van der Waals surface area contributed by atoms with E-state index in [2.05, 4.69) is 17.1 Å². The Labute approximate surface area is 117 Å². The first-order chi connectivity index (χ1) is 9.60. The Hall–Kier alpha value is -1.95. The van der Waals surface area contributed by atoms with Crippen molar-refractivity contribution in [2.75, 3.05) is 38.0 Å². The van der Waals surface area contributed by atoms with Crippen molar-refractivity contribution in [1.82, 2.24) is 9.80 Å². The van der Waals surface area contributed by atoms with E-state index in [4.69, 9.17) is 0 Å². The maximum absolute atomic E-state index is 13.0. The van der Waals surface area contributed by atoms with Crippen LogP contribution < -0.4 is 5.32 Å². The molecule has 1 fully saturated rings. The number of piperazine rings is 1. The largest absolute Gasteiger partial charge is 0.332 e. The smallest absolute Gasteiger partial charge is 0.313 e. The molecule has 1 aliphatic heterocycles. The maximum atomic E-state index is 13.0. The lowest BCUT2D eigenvalue weighted by Crippen LogP contribution is -2.51. The minimum atomic E-state index is -0.722. The van der Waals surface area contributed by atoms with E-state index >= 15 is 0 Å². The molecular formula is C14H18FN3O2. The van der Waals surface area contributed by atoms with E-state index in [1.807, 2.05) is 0 Å². The average molecular weight is 279 g/mol. The van der Waals surface area contributed by atoms with Gasteiger partial charge in [-0.1, -0.05) is 13.0 Å². The van der Waals surface area contributed by atoms with Crippen molar-refractivity contribution < 1.29 is 14.0 Å². The zero-order valence-corrected chi connectivity index (χ0v) is 11.4. The van der Waals surface area contributed by atoms with E-state index in [9.17, 15) is 14.0 Å². The number of carbonyl (C=O) groups is 2. The van der Waals surface area contributed by atoms with Gasteiger partial charge in [0.15, 0.2) is 0 Å². The van der Waals surface area contributed by atoms with Crippen molar-refractivity contribution in [3.05, 3.63) is 30.1 Å². The SMILES string of the molecule is CCN1CCN(C(=O)C(=O)Nc2cccc(F)c2)CC1. The van der Waals surface area contributed by atoms with Crippen molar-refractivity contribution in [2.24, 2.45) is 0 Å². The Morgan fingerprint density at radius 3 is 2.55 bits per heavy atom. The monoisotopic (exact) mass is 279 g/mol. The molecule has 0 saturated carbocycles. The van der Waals surface area contributed by atoms with Crippen LogP contribution in [0.4, 0.5) is 10.1 Å². The van der Waals surface area contributed by atoms with Crippen LogP contribution in [0.3, 0.4) is 0 Å². The van der Waals surface area contributed by atoms with Crippen molar-refractivity contribution in [3.8, 4) is 0 Å². The molecule has 2 rings (SSSR count). The van der Waals surface area contributed by atoms with Crippen LogP contribution in [0, 0.1) is 5.82 Å². The van der Waals surface area contributed by atoms with Gasteiger partial charge in [-0.25, -0.2) is 4.39 Å². The third-order valence-electron chi connectivity index (χ3n) is 3.38. The summed E-state index contributed by atoms with van der Waals surface area (Å²) in [4.78, 5) is 27.6. The minimum Gasteiger partial charge on any atom is -0.332 e. The van der Waals surface area contributed by atoms with Crippen LogP contribution in [0.1, 0.15) is 6.92 Å². The first kappa shape index (κ1) is 14.5. The second-order valence-corrected chi connectivity index (χ2v) is 4.69. The molecule has 20 heavy (non-hydrogen) atoms. The summed E-state index contributed by atoms with van der Waals surface area (Å²) in [6.45, 7) is 5.64. The van der Waals surface area contributed by atoms with Gasteiger partial charge in [0.25, 0.3) is 0 Å². The molecule has 0 aromatic heterocycles. The van der Waals surface area contributed by atoms with Crippen LogP contribution in [0.25, 0.3) is 0 Å². The van der Waals surface area contributed by atoms with Gasteiger partial charge in [-0.05, 0) is 24.7 Å².